The van der Waals surface area contributed by atoms with E-state index in [0.717, 1.165) is 16.7 Å². The third-order valence-electron chi connectivity index (χ3n) is 7.11. The normalized spacial score (nSPS) is 16.7. The van der Waals surface area contributed by atoms with Gasteiger partial charge in [0.25, 0.3) is 15.9 Å². The van der Waals surface area contributed by atoms with Crippen LogP contribution in [-0.4, -0.2) is 51.8 Å². The summed E-state index contributed by atoms with van der Waals surface area (Å²) in [4.78, 5) is 32.9. The third kappa shape index (κ3) is 6.91. The molecular formula is C31H35N7O4S. The Morgan fingerprint density at radius 1 is 1.02 bits per heavy atom. The molecule has 0 saturated carbocycles. The Kier molecular flexibility index (Phi) is 8.06. The molecule has 1 aliphatic rings. The first-order valence-electron chi connectivity index (χ1n) is 13.9. The summed E-state index contributed by atoms with van der Waals surface area (Å²) >= 11 is 0. The summed E-state index contributed by atoms with van der Waals surface area (Å²) < 4.78 is 35.8. The van der Waals surface area contributed by atoms with Gasteiger partial charge in [-0.3, -0.25) is 4.79 Å². The fourth-order valence-electron chi connectivity index (χ4n) is 5.19. The molecule has 2 aromatic carbocycles. The smallest absolute Gasteiger partial charge is 0.264 e. The second-order valence-electron chi connectivity index (χ2n) is 11.9. The van der Waals surface area contributed by atoms with Crippen LogP contribution in [0.15, 0.2) is 65.8 Å². The molecule has 5 rings (SSSR count). The summed E-state index contributed by atoms with van der Waals surface area (Å²) in [5.74, 6) is -0.188. The maximum Gasteiger partial charge on any atom is 0.264 e. The highest BCUT2D eigenvalue weighted by molar-refractivity contribution is 7.92. The van der Waals surface area contributed by atoms with Crippen molar-refractivity contribution in [2.45, 2.75) is 58.5 Å². The van der Waals surface area contributed by atoms with E-state index in [4.69, 9.17) is 10.5 Å². The van der Waals surface area contributed by atoms with Gasteiger partial charge >= 0.3 is 0 Å². The van der Waals surface area contributed by atoms with E-state index >= 15 is 0 Å². The van der Waals surface area contributed by atoms with Gasteiger partial charge < -0.3 is 15.4 Å². The number of hydrogen-bond acceptors (Lipinski definition) is 9. The van der Waals surface area contributed by atoms with Gasteiger partial charge in [-0.2, -0.15) is 4.98 Å². The molecule has 3 N–H and O–H groups in total. The van der Waals surface area contributed by atoms with E-state index in [2.05, 4.69) is 45.4 Å². The number of nitrogens with two attached hydrogens (primary N) is 1. The van der Waals surface area contributed by atoms with Crippen molar-refractivity contribution < 1.29 is 17.9 Å². The Bertz CT molecular complexity index is 1750. The number of amides is 1. The van der Waals surface area contributed by atoms with Crippen LogP contribution in [0.2, 0.25) is 0 Å². The molecule has 4 bridgehead atoms. The molecule has 224 valence electrons. The highest BCUT2D eigenvalue weighted by Crippen LogP contribution is 2.31. The van der Waals surface area contributed by atoms with Crippen molar-refractivity contribution in [1.29, 1.82) is 0 Å². The van der Waals surface area contributed by atoms with E-state index in [1.54, 1.807) is 35.5 Å². The largest absolute Gasteiger partial charge is 0.475 e. The molecule has 0 unspecified atom stereocenters. The van der Waals surface area contributed by atoms with Crippen LogP contribution in [0.5, 0.6) is 5.88 Å². The van der Waals surface area contributed by atoms with Gasteiger partial charge in [0.2, 0.25) is 17.8 Å². The number of anilines is 2. The molecular weight excluding hydrogens is 566 g/mol. The second kappa shape index (κ2) is 11.6. The number of hydrogen-bond donors (Lipinski definition) is 2. The van der Waals surface area contributed by atoms with E-state index in [-0.39, 0.29) is 52.7 Å². The van der Waals surface area contributed by atoms with E-state index in [0.29, 0.717) is 17.7 Å². The van der Waals surface area contributed by atoms with Gasteiger partial charge in [0, 0.05) is 41.7 Å². The average Bonchev–Trinajstić information content (AvgIpc) is 2.93. The van der Waals surface area contributed by atoms with E-state index in [1.807, 2.05) is 32.0 Å². The molecule has 0 radical (unpaired) electrons. The first-order valence-corrected chi connectivity index (χ1v) is 15.4. The van der Waals surface area contributed by atoms with E-state index < -0.39 is 16.1 Å². The van der Waals surface area contributed by atoms with Crippen LogP contribution in [0.1, 0.15) is 54.2 Å². The summed E-state index contributed by atoms with van der Waals surface area (Å²) in [6, 6.07) is 13.1. The molecule has 0 aliphatic carbocycles. The minimum absolute atomic E-state index is 0.0912. The first kappa shape index (κ1) is 29.9. The minimum Gasteiger partial charge on any atom is -0.475 e. The number of carbonyl (C=O) groups excluding carboxylic acids is 1. The van der Waals surface area contributed by atoms with Crippen molar-refractivity contribution in [1.82, 2.24) is 24.8 Å². The van der Waals surface area contributed by atoms with Crippen molar-refractivity contribution in [3.63, 3.8) is 0 Å². The topological polar surface area (TPSA) is 153 Å². The molecule has 4 aromatic rings. The number of ether oxygens (including phenoxy) is 1. The van der Waals surface area contributed by atoms with E-state index in [1.165, 1.54) is 12.1 Å². The summed E-state index contributed by atoms with van der Waals surface area (Å²) in [5, 5.41) is 0. The van der Waals surface area contributed by atoms with Crippen molar-refractivity contribution in [3.8, 4) is 17.1 Å². The zero-order valence-corrected chi connectivity index (χ0v) is 25.6. The molecule has 43 heavy (non-hydrogen) atoms. The molecule has 1 amide bonds. The molecule has 2 aromatic heterocycles. The van der Waals surface area contributed by atoms with Gasteiger partial charge in [0.05, 0.1) is 16.6 Å². The molecule has 1 aliphatic heterocycles. The third-order valence-corrected chi connectivity index (χ3v) is 8.43. The number of nitrogen functional groups attached to an aromatic ring is 1. The van der Waals surface area contributed by atoms with Crippen molar-refractivity contribution >= 4 is 27.8 Å². The summed E-state index contributed by atoms with van der Waals surface area (Å²) in [7, 11) is -4.16. The predicted octanol–water partition coefficient (Wildman–Crippen LogP) is 4.77. The zero-order valence-electron chi connectivity index (χ0n) is 24.8. The molecule has 0 fully saturated rings. The highest BCUT2D eigenvalue weighted by Gasteiger charge is 2.31. The summed E-state index contributed by atoms with van der Waals surface area (Å²) in [6.07, 6.45) is 3.72. The Labute approximate surface area is 251 Å². The van der Waals surface area contributed by atoms with Crippen LogP contribution in [0.3, 0.4) is 0 Å². The standard InChI is InChI=1S/C31H35N7O4S/c1-19-8-6-9-20(2)27(19)25-13-26-36-30(35-25)37-43(40,41)24-11-7-10-22(12-24)28(39)38(17-21-15-33-29(32)34-16-21)23(18-42-26)14-31(3,4)5/h6-13,15-16,23H,14,17-18H2,1-5H3,(H2,32,33,34)(H,35,36,37)/t23-/m1/s1. The first-order chi connectivity index (χ1) is 20.3. The van der Waals surface area contributed by atoms with Crippen LogP contribution in [-0.2, 0) is 16.6 Å². The Hall–Kier alpha value is -4.58. The minimum atomic E-state index is -4.16. The van der Waals surface area contributed by atoms with Crippen molar-refractivity contribution in [3.05, 3.63) is 83.2 Å². The number of aromatic nitrogens is 4. The molecule has 1 atom stereocenters. The SMILES string of the molecule is Cc1cccc(C)c1-c1cc2nc(n1)NS(=O)(=O)c1cccc(c1)C(=O)N(Cc1cnc(N)nc1)[C@H](CC(C)(C)C)CO2. The molecule has 0 saturated heterocycles. The van der Waals surface area contributed by atoms with Crippen LogP contribution in [0.25, 0.3) is 11.3 Å². The predicted molar refractivity (Wildman–Crippen MR) is 164 cm³/mol. The number of nitrogens with one attached hydrogen (secondary N) is 1. The quantitative estimate of drug-likeness (QED) is 0.337. The van der Waals surface area contributed by atoms with Gasteiger partial charge in [-0.1, -0.05) is 45.0 Å². The van der Waals surface area contributed by atoms with Gasteiger partial charge in [-0.15, -0.1) is 0 Å². The number of fused-ring (bicyclic) bond motifs is 4. The fourth-order valence-corrected chi connectivity index (χ4v) is 6.18. The van der Waals surface area contributed by atoms with Gasteiger partial charge in [-0.25, -0.2) is 28.1 Å². The number of aryl methyl sites for hydroxylation is 2. The molecule has 11 nitrogen and oxygen atoms in total. The van der Waals surface area contributed by atoms with Gasteiger partial charge in [0.1, 0.15) is 6.61 Å². The summed E-state index contributed by atoms with van der Waals surface area (Å²) in [6.45, 7) is 10.4. The van der Waals surface area contributed by atoms with Crippen LogP contribution >= 0.6 is 0 Å². The second-order valence-corrected chi connectivity index (χ2v) is 13.6. The number of nitrogens with zero attached hydrogens (tertiary/aromatic N) is 5. The maximum atomic E-state index is 14.2. The van der Waals surface area contributed by atoms with Crippen LogP contribution < -0.4 is 15.2 Å². The van der Waals surface area contributed by atoms with Crippen molar-refractivity contribution in [2.75, 3.05) is 17.1 Å². The number of benzene rings is 2. The lowest BCUT2D eigenvalue weighted by molar-refractivity contribution is 0.0512. The van der Waals surface area contributed by atoms with E-state index in [9.17, 15) is 13.2 Å². The summed E-state index contributed by atoms with van der Waals surface area (Å²) in [5.41, 5.74) is 9.69. The molecule has 12 heteroatoms. The number of sulfonamides is 1. The molecule has 3 heterocycles. The fraction of sp³-hybridized carbons (Fsp3) is 0.323. The van der Waals surface area contributed by atoms with Crippen LogP contribution in [0.4, 0.5) is 11.9 Å². The Balaban J connectivity index is 1.68. The van der Waals surface area contributed by atoms with Gasteiger partial charge in [0.15, 0.2) is 0 Å². The van der Waals surface area contributed by atoms with Gasteiger partial charge in [-0.05, 0) is 55.0 Å². The lowest BCUT2D eigenvalue weighted by Gasteiger charge is -2.35. The molecule has 0 spiro atoms. The lowest BCUT2D eigenvalue weighted by atomic mass is 9.87. The monoisotopic (exact) mass is 601 g/mol. The number of carbonyl (C=O) groups is 1. The van der Waals surface area contributed by atoms with Crippen LogP contribution in [0, 0.1) is 19.3 Å². The Morgan fingerprint density at radius 2 is 1.70 bits per heavy atom. The number of rotatable bonds is 4. The maximum absolute atomic E-state index is 14.2. The lowest BCUT2D eigenvalue weighted by Crippen LogP contribution is -2.45. The zero-order chi connectivity index (χ0) is 30.9. The Morgan fingerprint density at radius 3 is 2.37 bits per heavy atom. The highest BCUT2D eigenvalue weighted by atomic mass is 32.2. The average molecular weight is 602 g/mol. The van der Waals surface area contributed by atoms with Crippen molar-refractivity contribution in [2.24, 2.45) is 5.41 Å².